The zero-order chi connectivity index (χ0) is 12.1. The Bertz CT molecular complexity index is 474. The normalized spacial score (nSPS) is 10.5. The van der Waals surface area contributed by atoms with Gasteiger partial charge in [-0.05, 0) is 18.6 Å². The lowest BCUT2D eigenvalue weighted by molar-refractivity contribution is 0.680. The van der Waals surface area contributed by atoms with E-state index in [0.717, 1.165) is 25.3 Å². The molecule has 0 amide bonds. The zero-order valence-electron chi connectivity index (χ0n) is 10.5. The van der Waals surface area contributed by atoms with Crippen molar-refractivity contribution in [1.82, 2.24) is 9.55 Å². The van der Waals surface area contributed by atoms with Crippen molar-refractivity contribution < 1.29 is 0 Å². The van der Waals surface area contributed by atoms with Gasteiger partial charge in [-0.2, -0.15) is 0 Å². The second kappa shape index (κ2) is 5.53. The molecular weight excluding hydrogens is 210 g/mol. The summed E-state index contributed by atoms with van der Waals surface area (Å²) in [5, 5.41) is 3.45. The minimum atomic E-state index is 0.925. The highest BCUT2D eigenvalue weighted by atomic mass is 15.1. The van der Waals surface area contributed by atoms with Gasteiger partial charge >= 0.3 is 0 Å². The fraction of sp³-hybridized carbons (Fsp3) is 0.357. The predicted molar refractivity (Wildman–Crippen MR) is 71.3 cm³/mol. The molecule has 0 radical (unpaired) electrons. The highest BCUT2D eigenvalue weighted by Gasteiger charge is 2.00. The number of para-hydroxylation sites is 1. The molecule has 2 aromatic rings. The lowest BCUT2D eigenvalue weighted by atomic mass is 10.2. The van der Waals surface area contributed by atoms with Crippen LogP contribution < -0.4 is 5.32 Å². The number of benzene rings is 1. The number of rotatable bonds is 5. The van der Waals surface area contributed by atoms with E-state index in [1.54, 1.807) is 0 Å². The predicted octanol–water partition coefficient (Wildman–Crippen LogP) is 2.87. The fourth-order valence-electron chi connectivity index (χ4n) is 1.94. The Morgan fingerprint density at radius 3 is 2.88 bits per heavy atom. The van der Waals surface area contributed by atoms with Crippen molar-refractivity contribution in [2.75, 3.05) is 11.9 Å². The molecule has 0 aliphatic rings. The van der Waals surface area contributed by atoms with E-state index in [9.17, 15) is 0 Å². The van der Waals surface area contributed by atoms with Gasteiger partial charge in [-0.25, -0.2) is 4.98 Å². The van der Waals surface area contributed by atoms with Crippen LogP contribution in [0.5, 0.6) is 0 Å². The molecule has 17 heavy (non-hydrogen) atoms. The van der Waals surface area contributed by atoms with Crippen LogP contribution in [-0.4, -0.2) is 16.1 Å². The van der Waals surface area contributed by atoms with Gasteiger partial charge in [0.05, 0.1) is 0 Å². The number of nitrogens with zero attached hydrogens (tertiary/aromatic N) is 2. The van der Waals surface area contributed by atoms with Crippen LogP contribution in [-0.2, 0) is 13.0 Å². The van der Waals surface area contributed by atoms with Gasteiger partial charge in [0, 0.05) is 37.6 Å². The van der Waals surface area contributed by atoms with E-state index in [0.29, 0.717) is 0 Å². The number of anilines is 1. The Hall–Kier alpha value is -1.77. The smallest absolute Gasteiger partial charge is 0.108 e. The molecule has 3 heteroatoms. The number of hydrogen-bond donors (Lipinski definition) is 1. The average molecular weight is 229 g/mol. The Labute approximate surface area is 103 Å². The molecule has 90 valence electrons. The van der Waals surface area contributed by atoms with E-state index in [4.69, 9.17) is 0 Å². The zero-order valence-corrected chi connectivity index (χ0v) is 10.5. The molecule has 2 rings (SSSR count). The summed E-state index contributed by atoms with van der Waals surface area (Å²) in [6.07, 6.45) is 4.89. The van der Waals surface area contributed by atoms with Crippen LogP contribution in [0.2, 0.25) is 0 Å². The molecule has 0 bridgehead atoms. The maximum Gasteiger partial charge on any atom is 0.108 e. The van der Waals surface area contributed by atoms with Crippen LogP contribution in [0.3, 0.4) is 0 Å². The van der Waals surface area contributed by atoms with Crippen molar-refractivity contribution in [2.24, 2.45) is 0 Å². The molecule has 0 unspecified atom stereocenters. The SMILES string of the molecule is CCc1nccn1CCNc1ccccc1C. The van der Waals surface area contributed by atoms with Crippen LogP contribution in [0.15, 0.2) is 36.7 Å². The molecule has 0 spiro atoms. The summed E-state index contributed by atoms with van der Waals surface area (Å²) in [5.41, 5.74) is 2.50. The van der Waals surface area contributed by atoms with Crippen molar-refractivity contribution in [3.63, 3.8) is 0 Å². The maximum absolute atomic E-state index is 4.31. The Morgan fingerprint density at radius 2 is 2.12 bits per heavy atom. The largest absolute Gasteiger partial charge is 0.383 e. The first-order chi connectivity index (χ1) is 8.31. The van der Waals surface area contributed by atoms with Crippen LogP contribution in [0.1, 0.15) is 18.3 Å². The van der Waals surface area contributed by atoms with E-state index in [1.165, 1.54) is 11.3 Å². The Morgan fingerprint density at radius 1 is 1.29 bits per heavy atom. The standard InChI is InChI=1S/C14H19N3/c1-3-14-16-9-11-17(14)10-8-15-13-7-5-4-6-12(13)2/h4-7,9,11,15H,3,8,10H2,1-2H3. The summed E-state index contributed by atoms with van der Waals surface area (Å²) in [4.78, 5) is 4.31. The fourth-order valence-corrected chi connectivity index (χ4v) is 1.94. The molecule has 0 saturated heterocycles. The molecule has 0 fully saturated rings. The van der Waals surface area contributed by atoms with Gasteiger partial charge in [-0.15, -0.1) is 0 Å². The van der Waals surface area contributed by atoms with Crippen molar-refractivity contribution in [3.05, 3.63) is 48.0 Å². The second-order valence-corrected chi connectivity index (χ2v) is 4.13. The van der Waals surface area contributed by atoms with E-state index >= 15 is 0 Å². The quantitative estimate of drug-likeness (QED) is 0.854. The molecule has 0 aliphatic carbocycles. The first-order valence-corrected chi connectivity index (χ1v) is 6.10. The third-order valence-electron chi connectivity index (χ3n) is 2.93. The highest BCUT2D eigenvalue weighted by Crippen LogP contribution is 2.12. The van der Waals surface area contributed by atoms with Gasteiger partial charge in [-0.3, -0.25) is 0 Å². The third kappa shape index (κ3) is 2.87. The minimum Gasteiger partial charge on any atom is -0.383 e. The minimum absolute atomic E-state index is 0.925. The molecule has 3 nitrogen and oxygen atoms in total. The third-order valence-corrected chi connectivity index (χ3v) is 2.93. The van der Waals surface area contributed by atoms with Crippen molar-refractivity contribution in [1.29, 1.82) is 0 Å². The van der Waals surface area contributed by atoms with Crippen LogP contribution in [0.4, 0.5) is 5.69 Å². The Balaban J connectivity index is 1.90. The summed E-state index contributed by atoms with van der Waals surface area (Å²) in [5.74, 6) is 1.15. The molecule has 1 aromatic heterocycles. The molecular formula is C14H19N3. The van der Waals surface area contributed by atoms with E-state index < -0.39 is 0 Å². The summed E-state index contributed by atoms with van der Waals surface area (Å²) < 4.78 is 2.20. The van der Waals surface area contributed by atoms with Crippen LogP contribution >= 0.6 is 0 Å². The van der Waals surface area contributed by atoms with Crippen LogP contribution in [0.25, 0.3) is 0 Å². The van der Waals surface area contributed by atoms with Gasteiger partial charge < -0.3 is 9.88 Å². The molecule has 0 aliphatic heterocycles. The van der Waals surface area contributed by atoms with Gasteiger partial charge in [0.25, 0.3) is 0 Å². The van der Waals surface area contributed by atoms with Gasteiger partial charge in [0.15, 0.2) is 0 Å². The van der Waals surface area contributed by atoms with Crippen molar-refractivity contribution in [3.8, 4) is 0 Å². The first-order valence-electron chi connectivity index (χ1n) is 6.10. The maximum atomic E-state index is 4.31. The monoisotopic (exact) mass is 229 g/mol. The van der Waals surface area contributed by atoms with Crippen molar-refractivity contribution >= 4 is 5.69 Å². The number of imidazole rings is 1. The average Bonchev–Trinajstić information content (AvgIpc) is 2.79. The second-order valence-electron chi connectivity index (χ2n) is 4.13. The molecule has 0 saturated carbocycles. The van der Waals surface area contributed by atoms with Crippen molar-refractivity contribution in [2.45, 2.75) is 26.8 Å². The lowest BCUT2D eigenvalue weighted by Gasteiger charge is -2.10. The topological polar surface area (TPSA) is 29.9 Å². The molecule has 1 aromatic carbocycles. The number of aryl methyl sites for hydroxylation is 2. The van der Waals surface area contributed by atoms with Gasteiger partial charge in [0.2, 0.25) is 0 Å². The Kier molecular flexibility index (Phi) is 3.81. The summed E-state index contributed by atoms with van der Waals surface area (Å²) in [6.45, 7) is 6.14. The van der Waals surface area contributed by atoms with E-state index in [2.05, 4.69) is 53.0 Å². The van der Waals surface area contributed by atoms with Gasteiger partial charge in [0.1, 0.15) is 5.82 Å². The van der Waals surface area contributed by atoms with Crippen LogP contribution in [0, 0.1) is 6.92 Å². The van der Waals surface area contributed by atoms with Gasteiger partial charge in [-0.1, -0.05) is 25.1 Å². The summed E-state index contributed by atoms with van der Waals surface area (Å²) in [6, 6.07) is 8.36. The highest BCUT2D eigenvalue weighted by molar-refractivity contribution is 5.50. The van der Waals surface area contributed by atoms with E-state index in [1.807, 2.05) is 12.4 Å². The number of nitrogens with one attached hydrogen (secondary N) is 1. The lowest BCUT2D eigenvalue weighted by Crippen LogP contribution is -2.12. The summed E-state index contributed by atoms with van der Waals surface area (Å²) >= 11 is 0. The number of aromatic nitrogens is 2. The summed E-state index contributed by atoms with van der Waals surface area (Å²) in [7, 11) is 0. The first kappa shape index (κ1) is 11.7. The van der Waals surface area contributed by atoms with E-state index in [-0.39, 0.29) is 0 Å². The number of hydrogen-bond acceptors (Lipinski definition) is 2. The molecule has 1 N–H and O–H groups in total. The molecule has 1 heterocycles. The molecule has 0 atom stereocenters.